The lowest BCUT2D eigenvalue weighted by Gasteiger charge is -2.19. The maximum atomic E-state index is 11.7. The molecule has 9 heteroatoms. The molecule has 0 saturated carbocycles. The fourth-order valence-corrected chi connectivity index (χ4v) is 3.62. The van der Waals surface area contributed by atoms with Gasteiger partial charge in [-0.3, -0.25) is 9.67 Å². The lowest BCUT2D eigenvalue weighted by Crippen LogP contribution is -2.33. The third-order valence-electron chi connectivity index (χ3n) is 5.21. The van der Waals surface area contributed by atoms with Gasteiger partial charge in [-0.05, 0) is 52.2 Å². The van der Waals surface area contributed by atoms with Gasteiger partial charge in [0.2, 0.25) is 0 Å². The molecule has 2 N–H and O–H groups in total. The van der Waals surface area contributed by atoms with Crippen molar-refractivity contribution in [1.82, 2.24) is 30.0 Å². The topological polar surface area (TPSA) is 107 Å². The first kappa shape index (κ1) is 22.6. The molecule has 0 aliphatic heterocycles. The van der Waals surface area contributed by atoms with Crippen molar-refractivity contribution in [3.63, 3.8) is 0 Å². The largest absolute Gasteiger partial charge is 0.495 e. The van der Waals surface area contributed by atoms with Crippen LogP contribution in [0.4, 0.5) is 4.79 Å². The Morgan fingerprint density at radius 3 is 2.73 bits per heavy atom. The summed E-state index contributed by atoms with van der Waals surface area (Å²) in [5.41, 5.74) is 3.09. The Kier molecular flexibility index (Phi) is 6.48. The van der Waals surface area contributed by atoms with E-state index in [1.807, 2.05) is 50.1 Å². The van der Waals surface area contributed by atoms with Crippen LogP contribution < -0.4 is 10.1 Å². The predicted molar refractivity (Wildman–Crippen MR) is 127 cm³/mol. The Labute approximate surface area is 192 Å². The van der Waals surface area contributed by atoms with Crippen LogP contribution in [0, 0.1) is 0 Å². The summed E-state index contributed by atoms with van der Waals surface area (Å²) >= 11 is 0. The average molecular weight is 451 g/mol. The van der Waals surface area contributed by atoms with Gasteiger partial charge in [0, 0.05) is 35.6 Å². The minimum absolute atomic E-state index is 0.367. The van der Waals surface area contributed by atoms with Gasteiger partial charge in [0.25, 0.3) is 0 Å². The van der Waals surface area contributed by atoms with E-state index in [1.54, 1.807) is 13.3 Å². The number of aromatic nitrogens is 5. The highest BCUT2D eigenvalue weighted by molar-refractivity contribution is 6.06. The summed E-state index contributed by atoms with van der Waals surface area (Å²) in [5, 5.41) is 9.32. The molecule has 174 valence electrons. The lowest BCUT2D eigenvalue weighted by molar-refractivity contribution is 0.0527. The lowest BCUT2D eigenvalue weighted by atomic mass is 10.1. The number of hydrogen-bond donors (Lipinski definition) is 2. The van der Waals surface area contributed by atoms with Crippen molar-refractivity contribution in [2.75, 3.05) is 13.7 Å². The van der Waals surface area contributed by atoms with E-state index in [4.69, 9.17) is 9.47 Å². The molecule has 4 aromatic rings. The van der Waals surface area contributed by atoms with Crippen molar-refractivity contribution in [3.8, 4) is 17.0 Å². The molecule has 0 atom stereocenters. The van der Waals surface area contributed by atoms with Crippen LogP contribution >= 0.6 is 0 Å². The Morgan fingerprint density at radius 2 is 1.94 bits per heavy atom. The van der Waals surface area contributed by atoms with Crippen molar-refractivity contribution in [3.05, 3.63) is 36.9 Å². The third-order valence-corrected chi connectivity index (χ3v) is 5.21. The molecule has 0 bridgehead atoms. The van der Waals surface area contributed by atoms with E-state index in [0.29, 0.717) is 6.54 Å². The monoisotopic (exact) mass is 450 g/mol. The standard InChI is InChI=1S/C24H30N6O3/c1-24(2,3)33-23(31)25-8-6-5-7-9-30-15-16(12-28-30)20-11-18-19-10-17(32-4)13-27-22(19)29-21(18)14-26-20/h10-15H,5-9H2,1-4H3,(H,25,31)(H,27,29). The normalized spacial score (nSPS) is 11.8. The number of amides is 1. The maximum absolute atomic E-state index is 11.7. The zero-order valence-electron chi connectivity index (χ0n) is 19.5. The van der Waals surface area contributed by atoms with Gasteiger partial charge in [-0.2, -0.15) is 5.10 Å². The number of fused-ring (bicyclic) bond motifs is 3. The van der Waals surface area contributed by atoms with Gasteiger partial charge in [-0.15, -0.1) is 0 Å². The molecular weight excluding hydrogens is 420 g/mol. The van der Waals surface area contributed by atoms with E-state index in [9.17, 15) is 4.79 Å². The average Bonchev–Trinajstić information content (AvgIpc) is 3.38. The summed E-state index contributed by atoms with van der Waals surface area (Å²) in [5.74, 6) is 0.718. The first-order chi connectivity index (χ1) is 15.8. The van der Waals surface area contributed by atoms with Crippen LogP contribution in [0.5, 0.6) is 5.75 Å². The summed E-state index contributed by atoms with van der Waals surface area (Å²) in [7, 11) is 1.64. The molecule has 1 amide bonds. The van der Waals surface area contributed by atoms with Crippen LogP contribution in [-0.4, -0.2) is 50.1 Å². The van der Waals surface area contributed by atoms with Crippen molar-refractivity contribution in [2.45, 2.75) is 52.2 Å². The Balaban J connectivity index is 1.32. The van der Waals surface area contributed by atoms with Gasteiger partial charge in [0.1, 0.15) is 17.0 Å². The number of H-pyrrole nitrogens is 1. The first-order valence-corrected chi connectivity index (χ1v) is 11.1. The van der Waals surface area contributed by atoms with E-state index in [0.717, 1.165) is 64.8 Å². The quantitative estimate of drug-likeness (QED) is 0.378. The molecule has 33 heavy (non-hydrogen) atoms. The van der Waals surface area contributed by atoms with Crippen molar-refractivity contribution in [2.24, 2.45) is 0 Å². The number of nitrogens with one attached hydrogen (secondary N) is 2. The Hall–Kier alpha value is -3.62. The number of carbonyl (C=O) groups excluding carboxylic acids is 1. The minimum atomic E-state index is -0.473. The maximum Gasteiger partial charge on any atom is 0.407 e. The number of unbranched alkanes of at least 4 members (excludes halogenated alkanes) is 2. The van der Waals surface area contributed by atoms with Gasteiger partial charge in [-0.25, -0.2) is 9.78 Å². The first-order valence-electron chi connectivity index (χ1n) is 11.1. The SMILES string of the molecule is COc1cnc2[nH]c3cnc(-c4cnn(CCCCCNC(=O)OC(C)(C)C)c4)cc3c2c1. The summed E-state index contributed by atoms with van der Waals surface area (Å²) in [4.78, 5) is 24.0. The van der Waals surface area contributed by atoms with E-state index in [-0.39, 0.29) is 6.09 Å². The van der Waals surface area contributed by atoms with Crippen molar-refractivity contribution in [1.29, 1.82) is 0 Å². The third kappa shape index (κ3) is 5.60. The molecule has 0 aliphatic rings. The predicted octanol–water partition coefficient (Wildman–Crippen LogP) is 4.68. The molecule has 4 aromatic heterocycles. The number of pyridine rings is 2. The summed E-state index contributed by atoms with van der Waals surface area (Å²) in [6.45, 7) is 6.98. The molecule has 0 saturated heterocycles. The van der Waals surface area contributed by atoms with Crippen LogP contribution in [0.15, 0.2) is 36.9 Å². The summed E-state index contributed by atoms with van der Waals surface area (Å²) in [6, 6.07) is 4.03. The van der Waals surface area contributed by atoms with Gasteiger partial charge in [0.05, 0.1) is 36.9 Å². The second-order valence-corrected chi connectivity index (χ2v) is 8.99. The number of alkyl carbamates (subject to hydrolysis) is 1. The fraction of sp³-hybridized carbons (Fsp3) is 0.417. The second-order valence-electron chi connectivity index (χ2n) is 8.99. The van der Waals surface area contributed by atoms with Gasteiger partial charge in [-0.1, -0.05) is 0 Å². The molecule has 0 unspecified atom stereocenters. The smallest absolute Gasteiger partial charge is 0.407 e. The molecule has 0 aromatic carbocycles. The molecule has 0 spiro atoms. The van der Waals surface area contributed by atoms with Crippen LogP contribution in [0.3, 0.4) is 0 Å². The molecule has 0 radical (unpaired) electrons. The van der Waals surface area contributed by atoms with E-state index >= 15 is 0 Å². The minimum Gasteiger partial charge on any atom is -0.495 e. The number of rotatable bonds is 8. The highest BCUT2D eigenvalue weighted by atomic mass is 16.6. The zero-order chi connectivity index (χ0) is 23.4. The molecule has 0 aliphatic carbocycles. The number of carbonyl (C=O) groups is 1. The van der Waals surface area contributed by atoms with E-state index < -0.39 is 5.60 Å². The number of hydrogen-bond acceptors (Lipinski definition) is 6. The molecular formula is C24H30N6O3. The Bertz CT molecular complexity index is 1250. The highest BCUT2D eigenvalue weighted by Gasteiger charge is 2.15. The molecule has 0 fully saturated rings. The van der Waals surface area contributed by atoms with Crippen LogP contribution in [0.25, 0.3) is 33.2 Å². The van der Waals surface area contributed by atoms with Crippen LogP contribution in [-0.2, 0) is 11.3 Å². The number of ether oxygens (including phenoxy) is 2. The fourth-order valence-electron chi connectivity index (χ4n) is 3.62. The van der Waals surface area contributed by atoms with Crippen molar-refractivity contribution < 1.29 is 14.3 Å². The highest BCUT2D eigenvalue weighted by Crippen LogP contribution is 2.29. The van der Waals surface area contributed by atoms with Gasteiger partial charge in [0.15, 0.2) is 0 Å². The van der Waals surface area contributed by atoms with Crippen LogP contribution in [0.2, 0.25) is 0 Å². The zero-order valence-corrected chi connectivity index (χ0v) is 19.5. The van der Waals surface area contributed by atoms with Crippen LogP contribution in [0.1, 0.15) is 40.0 Å². The van der Waals surface area contributed by atoms with Crippen molar-refractivity contribution >= 4 is 28.0 Å². The van der Waals surface area contributed by atoms with E-state index in [2.05, 4.69) is 31.4 Å². The second kappa shape index (κ2) is 9.48. The summed E-state index contributed by atoms with van der Waals surface area (Å²) < 4.78 is 12.5. The molecule has 4 heterocycles. The Morgan fingerprint density at radius 1 is 1.09 bits per heavy atom. The van der Waals surface area contributed by atoms with Gasteiger partial charge < -0.3 is 19.8 Å². The molecule has 4 rings (SSSR count). The van der Waals surface area contributed by atoms with E-state index in [1.165, 1.54) is 0 Å². The van der Waals surface area contributed by atoms with Gasteiger partial charge >= 0.3 is 6.09 Å². The number of aromatic amines is 1. The molecule has 9 nitrogen and oxygen atoms in total. The summed E-state index contributed by atoms with van der Waals surface area (Å²) in [6.07, 6.45) is 9.86. The number of methoxy groups -OCH3 is 1. The number of nitrogens with zero attached hydrogens (tertiary/aromatic N) is 4. The number of aryl methyl sites for hydroxylation is 1.